The molecule has 0 saturated carbocycles. The number of nitrogens with zero attached hydrogens (tertiary/aromatic N) is 3. The Balaban J connectivity index is 1.33. The Bertz CT molecular complexity index is 1100. The third kappa shape index (κ3) is 5.13. The van der Waals surface area contributed by atoms with E-state index >= 15 is 0 Å². The van der Waals surface area contributed by atoms with Crippen LogP contribution in [0.3, 0.4) is 0 Å². The van der Waals surface area contributed by atoms with E-state index in [0.29, 0.717) is 23.1 Å². The molecule has 2 amide bonds. The molecule has 1 unspecified atom stereocenters. The molecule has 0 aliphatic carbocycles. The number of hydrogen-bond donors (Lipinski definition) is 1. The molecular formula is C24H26N4O3S. The number of carbonyl (C=O) groups excluding carboxylic acids is 2. The van der Waals surface area contributed by atoms with Crippen molar-refractivity contribution in [2.45, 2.75) is 32.6 Å². The molecule has 1 N–H and O–H groups in total. The maximum absolute atomic E-state index is 12.8. The molecule has 0 radical (unpaired) electrons. The Kier molecular flexibility index (Phi) is 6.80. The molecule has 2 aromatic carbocycles. The molecule has 8 heteroatoms. The number of hydrogen-bond acceptors (Lipinski definition) is 6. The summed E-state index contributed by atoms with van der Waals surface area (Å²) in [6, 6.07) is 16.0. The minimum Gasteiger partial charge on any atom is -0.495 e. The molecule has 1 aromatic heterocycles. The standard InChI is InChI=1S/C24H26N4O3S/c1-16-11-12-20(31-2)19(13-16)28-15-18(14-22(28)29)23(30)25-24-27-26-21(32-24)10-6-9-17-7-4-3-5-8-17/h3-5,7-8,11-13,18H,6,9-10,14-15H2,1-2H3,(H,25,27,30). The Morgan fingerprint density at radius 3 is 2.78 bits per heavy atom. The van der Waals surface area contributed by atoms with E-state index in [1.807, 2.05) is 43.3 Å². The SMILES string of the molecule is COc1ccc(C)cc1N1CC(C(=O)Nc2nnc(CCCc3ccccc3)s2)CC1=O. The van der Waals surface area contributed by atoms with E-state index in [9.17, 15) is 9.59 Å². The summed E-state index contributed by atoms with van der Waals surface area (Å²) in [5, 5.41) is 12.5. The smallest absolute Gasteiger partial charge is 0.231 e. The fourth-order valence-electron chi connectivity index (χ4n) is 3.83. The van der Waals surface area contributed by atoms with Crippen molar-refractivity contribution in [3.8, 4) is 5.75 Å². The van der Waals surface area contributed by atoms with Crippen molar-refractivity contribution in [1.82, 2.24) is 10.2 Å². The molecule has 0 bridgehead atoms. The molecule has 1 aliphatic heterocycles. The number of rotatable bonds is 8. The maximum Gasteiger partial charge on any atom is 0.231 e. The normalized spacial score (nSPS) is 15.8. The summed E-state index contributed by atoms with van der Waals surface area (Å²) in [7, 11) is 1.58. The number of amides is 2. The molecule has 166 valence electrons. The zero-order valence-electron chi connectivity index (χ0n) is 18.2. The molecule has 4 rings (SSSR count). The third-order valence-corrected chi connectivity index (χ3v) is 6.42. The van der Waals surface area contributed by atoms with Gasteiger partial charge < -0.3 is 15.0 Å². The van der Waals surface area contributed by atoms with Gasteiger partial charge in [0.1, 0.15) is 10.8 Å². The van der Waals surface area contributed by atoms with Crippen molar-refractivity contribution < 1.29 is 14.3 Å². The van der Waals surface area contributed by atoms with Crippen LogP contribution in [0.25, 0.3) is 0 Å². The largest absolute Gasteiger partial charge is 0.495 e. The van der Waals surface area contributed by atoms with E-state index < -0.39 is 5.92 Å². The van der Waals surface area contributed by atoms with Crippen LogP contribution in [0.4, 0.5) is 10.8 Å². The predicted octanol–water partition coefficient (Wildman–Crippen LogP) is 4.02. The van der Waals surface area contributed by atoms with E-state index in [-0.39, 0.29) is 18.2 Å². The van der Waals surface area contributed by atoms with Crippen molar-refractivity contribution in [3.05, 3.63) is 64.7 Å². The van der Waals surface area contributed by atoms with Crippen LogP contribution in [0.5, 0.6) is 5.75 Å². The predicted molar refractivity (Wildman–Crippen MR) is 125 cm³/mol. The minimum atomic E-state index is -0.446. The summed E-state index contributed by atoms with van der Waals surface area (Å²) in [6.45, 7) is 2.27. The summed E-state index contributed by atoms with van der Waals surface area (Å²) in [4.78, 5) is 27.0. The van der Waals surface area contributed by atoms with Crippen LogP contribution < -0.4 is 15.0 Å². The summed E-state index contributed by atoms with van der Waals surface area (Å²) < 4.78 is 5.40. The lowest BCUT2D eigenvalue weighted by Gasteiger charge is -2.20. The number of aromatic nitrogens is 2. The Morgan fingerprint density at radius 2 is 2.00 bits per heavy atom. The maximum atomic E-state index is 12.8. The van der Waals surface area contributed by atoms with Crippen LogP contribution in [-0.2, 0) is 22.4 Å². The lowest BCUT2D eigenvalue weighted by atomic mass is 10.1. The van der Waals surface area contributed by atoms with Crippen LogP contribution >= 0.6 is 11.3 Å². The summed E-state index contributed by atoms with van der Waals surface area (Å²) in [6.07, 6.45) is 2.92. The topological polar surface area (TPSA) is 84.4 Å². The van der Waals surface area contributed by atoms with Gasteiger partial charge in [-0.2, -0.15) is 0 Å². The van der Waals surface area contributed by atoms with Crippen molar-refractivity contribution in [3.63, 3.8) is 0 Å². The fraction of sp³-hybridized carbons (Fsp3) is 0.333. The quantitative estimate of drug-likeness (QED) is 0.560. The highest BCUT2D eigenvalue weighted by molar-refractivity contribution is 7.15. The Morgan fingerprint density at radius 1 is 1.19 bits per heavy atom. The zero-order chi connectivity index (χ0) is 22.5. The highest BCUT2D eigenvalue weighted by Crippen LogP contribution is 2.34. The summed E-state index contributed by atoms with van der Waals surface area (Å²) in [5.74, 6) is -0.125. The van der Waals surface area contributed by atoms with Crippen molar-refractivity contribution in [2.75, 3.05) is 23.9 Å². The molecule has 7 nitrogen and oxygen atoms in total. The Hall–Kier alpha value is -3.26. The average molecular weight is 451 g/mol. The van der Waals surface area contributed by atoms with E-state index in [4.69, 9.17) is 4.74 Å². The van der Waals surface area contributed by atoms with Gasteiger partial charge in [-0.1, -0.05) is 47.7 Å². The number of ether oxygens (including phenoxy) is 1. The first-order chi connectivity index (χ1) is 15.5. The highest BCUT2D eigenvalue weighted by atomic mass is 32.1. The first-order valence-corrected chi connectivity index (χ1v) is 11.5. The monoisotopic (exact) mass is 450 g/mol. The van der Waals surface area contributed by atoms with Crippen molar-refractivity contribution in [2.24, 2.45) is 5.92 Å². The first kappa shape index (κ1) is 22.0. The average Bonchev–Trinajstić information content (AvgIpc) is 3.40. The molecule has 1 fully saturated rings. The second-order valence-corrected chi connectivity index (χ2v) is 8.97. The van der Waals surface area contributed by atoms with Gasteiger partial charge in [0, 0.05) is 19.4 Å². The number of anilines is 2. The van der Waals surface area contributed by atoms with E-state index in [2.05, 4.69) is 27.6 Å². The van der Waals surface area contributed by atoms with Crippen LogP contribution in [-0.4, -0.2) is 35.7 Å². The van der Waals surface area contributed by atoms with Gasteiger partial charge >= 0.3 is 0 Å². The fourth-order valence-corrected chi connectivity index (χ4v) is 4.61. The van der Waals surface area contributed by atoms with Crippen LogP contribution in [0, 0.1) is 12.8 Å². The van der Waals surface area contributed by atoms with Crippen molar-refractivity contribution in [1.29, 1.82) is 0 Å². The summed E-state index contributed by atoms with van der Waals surface area (Å²) >= 11 is 1.39. The van der Waals surface area contributed by atoms with E-state index in [0.717, 1.165) is 29.8 Å². The van der Waals surface area contributed by atoms with Crippen molar-refractivity contribution >= 4 is 34.0 Å². The molecule has 3 aromatic rings. The van der Waals surface area contributed by atoms with Gasteiger partial charge in [0.05, 0.1) is 18.7 Å². The van der Waals surface area contributed by atoms with Gasteiger partial charge in [-0.25, -0.2) is 0 Å². The second-order valence-electron chi connectivity index (χ2n) is 7.91. The minimum absolute atomic E-state index is 0.0899. The van der Waals surface area contributed by atoms with E-state index in [1.54, 1.807) is 12.0 Å². The molecule has 2 heterocycles. The lowest BCUT2D eigenvalue weighted by molar-refractivity contribution is -0.122. The zero-order valence-corrected chi connectivity index (χ0v) is 19.0. The Labute approximate surface area is 191 Å². The number of methoxy groups -OCH3 is 1. The van der Waals surface area contributed by atoms with Gasteiger partial charge in [0.2, 0.25) is 16.9 Å². The molecule has 1 atom stereocenters. The molecule has 1 aliphatic rings. The molecular weight excluding hydrogens is 424 g/mol. The third-order valence-electron chi connectivity index (χ3n) is 5.52. The second kappa shape index (κ2) is 9.91. The van der Waals surface area contributed by atoms with Crippen LogP contribution in [0.15, 0.2) is 48.5 Å². The molecule has 1 saturated heterocycles. The highest BCUT2D eigenvalue weighted by Gasteiger charge is 2.36. The van der Waals surface area contributed by atoms with Gasteiger partial charge in [-0.15, -0.1) is 10.2 Å². The molecule has 0 spiro atoms. The van der Waals surface area contributed by atoms with E-state index in [1.165, 1.54) is 16.9 Å². The number of aryl methyl sites for hydroxylation is 3. The van der Waals surface area contributed by atoms with Gasteiger partial charge in [-0.05, 0) is 43.0 Å². The van der Waals surface area contributed by atoms with Gasteiger partial charge in [0.25, 0.3) is 0 Å². The van der Waals surface area contributed by atoms with Gasteiger partial charge in [-0.3, -0.25) is 9.59 Å². The van der Waals surface area contributed by atoms with Crippen LogP contribution in [0.1, 0.15) is 29.0 Å². The molecule has 32 heavy (non-hydrogen) atoms. The number of benzene rings is 2. The van der Waals surface area contributed by atoms with Crippen LogP contribution in [0.2, 0.25) is 0 Å². The first-order valence-electron chi connectivity index (χ1n) is 10.7. The number of carbonyl (C=O) groups is 2. The number of nitrogens with one attached hydrogen (secondary N) is 1. The van der Waals surface area contributed by atoms with Gasteiger partial charge in [0.15, 0.2) is 0 Å². The summed E-state index contributed by atoms with van der Waals surface area (Å²) in [5.41, 5.74) is 3.02. The lowest BCUT2D eigenvalue weighted by Crippen LogP contribution is -2.28.